The zero-order chi connectivity index (χ0) is 52.9. The number of ether oxygens (including phenoxy) is 3. The minimum Gasteiger partial charge on any atom is -0.462 e. The van der Waals surface area contributed by atoms with Gasteiger partial charge in [-0.2, -0.15) is 0 Å². The van der Waals surface area contributed by atoms with Gasteiger partial charge in [-0.15, -0.1) is 0 Å². The highest BCUT2D eigenvalue weighted by Gasteiger charge is 2.19. The van der Waals surface area contributed by atoms with Gasteiger partial charge in [-0.3, -0.25) is 14.4 Å². The summed E-state index contributed by atoms with van der Waals surface area (Å²) < 4.78 is 16.9. The Morgan fingerprint density at radius 1 is 0.260 bits per heavy atom. The van der Waals surface area contributed by atoms with Gasteiger partial charge in [0.05, 0.1) is 0 Å². The zero-order valence-corrected chi connectivity index (χ0v) is 49.4. The van der Waals surface area contributed by atoms with Gasteiger partial charge in [-0.05, 0) is 64.2 Å². The number of carbonyl (C=O) groups is 3. The molecule has 430 valence electrons. The van der Waals surface area contributed by atoms with Crippen LogP contribution in [0, 0.1) is 0 Å². The van der Waals surface area contributed by atoms with Crippen LogP contribution in [0.4, 0.5) is 0 Å². The molecule has 0 aromatic heterocycles. The fourth-order valence-corrected chi connectivity index (χ4v) is 9.95. The van der Waals surface area contributed by atoms with Gasteiger partial charge in [0.15, 0.2) is 6.10 Å². The van der Waals surface area contributed by atoms with Crippen LogP contribution in [0.5, 0.6) is 0 Å². The Morgan fingerprint density at radius 2 is 0.466 bits per heavy atom. The first-order chi connectivity index (χ1) is 36.0. The van der Waals surface area contributed by atoms with Crippen LogP contribution in [0.3, 0.4) is 0 Å². The van der Waals surface area contributed by atoms with Gasteiger partial charge in [-0.1, -0.05) is 308 Å². The van der Waals surface area contributed by atoms with E-state index < -0.39 is 6.10 Å². The van der Waals surface area contributed by atoms with Gasteiger partial charge < -0.3 is 14.2 Å². The van der Waals surface area contributed by atoms with Gasteiger partial charge in [0.1, 0.15) is 13.2 Å². The Hall–Kier alpha value is -2.11. The number of hydrogen-bond donors (Lipinski definition) is 0. The number of unbranched alkanes of at least 4 members (excludes halogenated alkanes) is 46. The molecule has 0 rings (SSSR count). The van der Waals surface area contributed by atoms with Crippen molar-refractivity contribution in [2.24, 2.45) is 0 Å². The summed E-state index contributed by atoms with van der Waals surface area (Å²) in [5.74, 6) is -0.853. The maximum absolute atomic E-state index is 12.9. The number of allylic oxidation sites excluding steroid dienone is 4. The molecule has 0 aliphatic rings. The van der Waals surface area contributed by atoms with Gasteiger partial charge in [-0.25, -0.2) is 0 Å². The molecule has 1 unspecified atom stereocenters. The predicted octanol–water partition coefficient (Wildman–Crippen LogP) is 22.2. The maximum Gasteiger partial charge on any atom is 0.306 e. The van der Waals surface area contributed by atoms with Crippen molar-refractivity contribution in [2.75, 3.05) is 13.2 Å². The lowest BCUT2D eigenvalue weighted by Gasteiger charge is -2.18. The second kappa shape index (κ2) is 62.4. The molecule has 0 aliphatic carbocycles. The van der Waals surface area contributed by atoms with Crippen molar-refractivity contribution in [1.82, 2.24) is 0 Å². The van der Waals surface area contributed by atoms with E-state index in [0.29, 0.717) is 19.3 Å². The molecule has 0 aromatic carbocycles. The van der Waals surface area contributed by atoms with Crippen molar-refractivity contribution in [1.29, 1.82) is 0 Å². The predicted molar refractivity (Wildman–Crippen MR) is 316 cm³/mol. The molecule has 6 heteroatoms. The molecule has 0 N–H and O–H groups in total. The third kappa shape index (κ3) is 60.6. The Labute approximate surface area is 455 Å². The maximum atomic E-state index is 12.9. The quantitative estimate of drug-likeness (QED) is 0.0261. The third-order valence-electron chi connectivity index (χ3n) is 14.9. The lowest BCUT2D eigenvalue weighted by atomic mass is 10.0. The summed E-state index contributed by atoms with van der Waals surface area (Å²) >= 11 is 0. The standard InChI is InChI=1S/C67H126O6/c1-4-7-10-13-16-19-22-24-26-27-28-29-30-31-32-33-34-35-36-37-38-39-41-42-45-48-51-54-57-60-66(69)72-63-64(62-71-65(68)59-56-53-50-47-44-21-18-15-12-9-6-3)73-67(70)61-58-55-52-49-46-43-40-25-23-20-17-14-11-8-5-2/h15,18,27-28,64H,4-14,16-17,19-26,29-63H2,1-3H3/b18-15-,28-27-. The second-order valence-corrected chi connectivity index (χ2v) is 22.4. The summed E-state index contributed by atoms with van der Waals surface area (Å²) in [6.07, 6.45) is 74.9. The van der Waals surface area contributed by atoms with E-state index in [0.717, 1.165) is 64.2 Å². The Balaban J connectivity index is 4.10. The van der Waals surface area contributed by atoms with Crippen molar-refractivity contribution < 1.29 is 28.6 Å². The van der Waals surface area contributed by atoms with E-state index in [1.807, 2.05) is 0 Å². The van der Waals surface area contributed by atoms with E-state index in [9.17, 15) is 14.4 Å². The van der Waals surface area contributed by atoms with Crippen LogP contribution in [0.1, 0.15) is 367 Å². The molecule has 0 fully saturated rings. The summed E-state index contributed by atoms with van der Waals surface area (Å²) in [6.45, 7) is 6.66. The van der Waals surface area contributed by atoms with E-state index in [1.165, 1.54) is 263 Å². The average Bonchev–Trinajstić information content (AvgIpc) is 3.39. The normalized spacial score (nSPS) is 12.1. The lowest BCUT2D eigenvalue weighted by Crippen LogP contribution is -2.30. The van der Waals surface area contributed by atoms with E-state index in [4.69, 9.17) is 14.2 Å². The first-order valence-corrected chi connectivity index (χ1v) is 32.8. The molecule has 0 saturated heterocycles. The van der Waals surface area contributed by atoms with Crippen LogP contribution in [0.25, 0.3) is 0 Å². The molecule has 0 saturated carbocycles. The lowest BCUT2D eigenvalue weighted by molar-refractivity contribution is -0.167. The molecule has 0 amide bonds. The van der Waals surface area contributed by atoms with Crippen molar-refractivity contribution >= 4 is 17.9 Å². The molecule has 0 spiro atoms. The molecule has 0 heterocycles. The van der Waals surface area contributed by atoms with Crippen LogP contribution >= 0.6 is 0 Å². The molecule has 0 aliphatic heterocycles. The molecule has 73 heavy (non-hydrogen) atoms. The van der Waals surface area contributed by atoms with E-state index in [2.05, 4.69) is 45.1 Å². The van der Waals surface area contributed by atoms with E-state index in [-0.39, 0.29) is 31.1 Å². The van der Waals surface area contributed by atoms with Crippen LogP contribution in [-0.4, -0.2) is 37.2 Å². The number of esters is 3. The SMILES string of the molecule is CCCC/C=C\CCCCCCCC(=O)OCC(COC(=O)CCCCCCCCCCCCCCCCCCC/C=C\CCCCCCCCCC)OC(=O)CCCCCCCCCCCCCCCCC. The smallest absolute Gasteiger partial charge is 0.306 e. The second-order valence-electron chi connectivity index (χ2n) is 22.4. The Bertz CT molecular complexity index is 1180. The van der Waals surface area contributed by atoms with Crippen molar-refractivity contribution in [3.8, 4) is 0 Å². The fourth-order valence-electron chi connectivity index (χ4n) is 9.95. The van der Waals surface area contributed by atoms with Gasteiger partial charge >= 0.3 is 17.9 Å². The van der Waals surface area contributed by atoms with Crippen LogP contribution in [0.2, 0.25) is 0 Å². The van der Waals surface area contributed by atoms with E-state index in [1.54, 1.807) is 0 Å². The molecular weight excluding hydrogens is 901 g/mol. The summed E-state index contributed by atoms with van der Waals surface area (Å²) in [4.78, 5) is 38.2. The van der Waals surface area contributed by atoms with Gasteiger partial charge in [0.25, 0.3) is 0 Å². The van der Waals surface area contributed by atoms with Crippen LogP contribution < -0.4 is 0 Å². The number of hydrogen-bond acceptors (Lipinski definition) is 6. The summed E-state index contributed by atoms with van der Waals surface area (Å²) in [5, 5.41) is 0. The average molecular weight is 1030 g/mol. The summed E-state index contributed by atoms with van der Waals surface area (Å²) in [7, 11) is 0. The Morgan fingerprint density at radius 3 is 0.726 bits per heavy atom. The zero-order valence-electron chi connectivity index (χ0n) is 49.4. The largest absolute Gasteiger partial charge is 0.462 e. The number of rotatable bonds is 61. The highest BCUT2D eigenvalue weighted by atomic mass is 16.6. The first-order valence-electron chi connectivity index (χ1n) is 32.8. The van der Waals surface area contributed by atoms with Gasteiger partial charge in [0.2, 0.25) is 0 Å². The molecule has 6 nitrogen and oxygen atoms in total. The van der Waals surface area contributed by atoms with Crippen LogP contribution in [0.15, 0.2) is 24.3 Å². The highest BCUT2D eigenvalue weighted by Crippen LogP contribution is 2.18. The van der Waals surface area contributed by atoms with Crippen molar-refractivity contribution in [2.45, 2.75) is 374 Å². The molecule has 0 aromatic rings. The minimum absolute atomic E-state index is 0.0681. The fraction of sp³-hybridized carbons (Fsp3) is 0.896. The third-order valence-corrected chi connectivity index (χ3v) is 14.9. The topological polar surface area (TPSA) is 78.9 Å². The molecule has 0 radical (unpaired) electrons. The monoisotopic (exact) mass is 1030 g/mol. The van der Waals surface area contributed by atoms with Crippen molar-refractivity contribution in [3.63, 3.8) is 0 Å². The first kappa shape index (κ1) is 70.9. The minimum atomic E-state index is -0.770. The highest BCUT2D eigenvalue weighted by molar-refractivity contribution is 5.71. The van der Waals surface area contributed by atoms with E-state index >= 15 is 0 Å². The molecular formula is C67H126O6. The van der Waals surface area contributed by atoms with Crippen LogP contribution in [-0.2, 0) is 28.6 Å². The Kier molecular flexibility index (Phi) is 60.6. The van der Waals surface area contributed by atoms with Gasteiger partial charge in [0, 0.05) is 19.3 Å². The van der Waals surface area contributed by atoms with Crippen molar-refractivity contribution in [3.05, 3.63) is 24.3 Å². The molecule has 0 bridgehead atoms. The summed E-state index contributed by atoms with van der Waals surface area (Å²) in [6, 6.07) is 0. The summed E-state index contributed by atoms with van der Waals surface area (Å²) in [5.41, 5.74) is 0. The molecule has 1 atom stereocenters. The number of carbonyl (C=O) groups excluding carboxylic acids is 3.